The molecule has 19 heavy (non-hydrogen) atoms. The van der Waals surface area contributed by atoms with Crippen molar-refractivity contribution in [3.63, 3.8) is 0 Å². The first-order chi connectivity index (χ1) is 9.22. The van der Waals surface area contributed by atoms with Gasteiger partial charge in [-0.3, -0.25) is 0 Å². The number of halogens is 1. The van der Waals surface area contributed by atoms with E-state index in [4.69, 9.17) is 21.9 Å². The summed E-state index contributed by atoms with van der Waals surface area (Å²) in [4.78, 5) is 8.40. The van der Waals surface area contributed by atoms with E-state index in [1.807, 2.05) is 12.1 Å². The highest BCUT2D eigenvalue weighted by atomic mass is 35.5. The normalized spacial score (nSPS) is 10.6. The number of nitrogen functional groups attached to an aromatic ring is 1. The van der Waals surface area contributed by atoms with Gasteiger partial charge in [0, 0.05) is 10.6 Å². The maximum absolute atomic E-state index is 5.92. The molecule has 0 unspecified atom stereocenters. The largest absolute Gasteiger partial charge is 0.384 e. The lowest BCUT2D eigenvalue weighted by atomic mass is 10.2. The van der Waals surface area contributed by atoms with E-state index in [1.54, 1.807) is 30.3 Å². The lowest BCUT2D eigenvalue weighted by Crippen LogP contribution is -1.91. The molecule has 0 radical (unpaired) electrons. The summed E-state index contributed by atoms with van der Waals surface area (Å²) in [7, 11) is 0. The second kappa shape index (κ2) is 4.70. The van der Waals surface area contributed by atoms with Crippen molar-refractivity contribution in [3.05, 3.63) is 47.5 Å². The van der Waals surface area contributed by atoms with Gasteiger partial charge >= 0.3 is 0 Å². The van der Waals surface area contributed by atoms with Crippen LogP contribution in [-0.2, 0) is 0 Å². The predicted octanol–water partition coefficient (Wildman–Crippen LogP) is 3.03. The SMILES string of the molecule is Nc1cccc(-c2nc(-c3cccc(Cl)c3)no2)n1. The Labute approximate surface area is 114 Å². The first-order valence-electron chi connectivity index (χ1n) is 5.55. The van der Waals surface area contributed by atoms with Gasteiger partial charge < -0.3 is 10.3 Å². The number of nitrogens with two attached hydrogens (primary N) is 1. The van der Waals surface area contributed by atoms with Crippen molar-refractivity contribution in [1.82, 2.24) is 15.1 Å². The first-order valence-corrected chi connectivity index (χ1v) is 5.93. The van der Waals surface area contributed by atoms with Crippen LogP contribution in [0.4, 0.5) is 5.82 Å². The van der Waals surface area contributed by atoms with Crippen LogP contribution in [0.3, 0.4) is 0 Å². The van der Waals surface area contributed by atoms with Crippen LogP contribution in [0.15, 0.2) is 47.0 Å². The monoisotopic (exact) mass is 272 g/mol. The Kier molecular flexibility index (Phi) is 2.89. The van der Waals surface area contributed by atoms with Crippen molar-refractivity contribution >= 4 is 17.4 Å². The summed E-state index contributed by atoms with van der Waals surface area (Å²) < 4.78 is 5.18. The Balaban J connectivity index is 2.00. The van der Waals surface area contributed by atoms with Crippen LogP contribution >= 0.6 is 11.6 Å². The van der Waals surface area contributed by atoms with Crippen LogP contribution in [-0.4, -0.2) is 15.1 Å². The third-order valence-electron chi connectivity index (χ3n) is 2.50. The van der Waals surface area contributed by atoms with Gasteiger partial charge in [-0.15, -0.1) is 0 Å². The molecule has 0 spiro atoms. The van der Waals surface area contributed by atoms with Crippen LogP contribution in [0.25, 0.3) is 23.0 Å². The fraction of sp³-hybridized carbons (Fsp3) is 0. The lowest BCUT2D eigenvalue weighted by Gasteiger charge is -1.95. The predicted molar refractivity (Wildman–Crippen MR) is 72.4 cm³/mol. The fourth-order valence-electron chi connectivity index (χ4n) is 1.64. The smallest absolute Gasteiger partial charge is 0.276 e. The Morgan fingerprint density at radius 2 is 1.89 bits per heavy atom. The molecule has 2 heterocycles. The van der Waals surface area contributed by atoms with Gasteiger partial charge in [0.15, 0.2) is 0 Å². The molecule has 0 saturated carbocycles. The lowest BCUT2D eigenvalue weighted by molar-refractivity contribution is 0.431. The number of aromatic nitrogens is 3. The van der Waals surface area contributed by atoms with Gasteiger partial charge in [-0.05, 0) is 24.3 Å². The summed E-state index contributed by atoms with van der Waals surface area (Å²) in [5, 5.41) is 4.52. The second-order valence-electron chi connectivity index (χ2n) is 3.88. The maximum Gasteiger partial charge on any atom is 0.276 e. The second-order valence-corrected chi connectivity index (χ2v) is 4.32. The number of pyridine rings is 1. The molecule has 94 valence electrons. The molecule has 0 fully saturated rings. The van der Waals surface area contributed by atoms with Crippen LogP contribution in [0.1, 0.15) is 0 Å². The number of benzene rings is 1. The molecule has 0 aliphatic heterocycles. The summed E-state index contributed by atoms with van der Waals surface area (Å²) in [6.45, 7) is 0. The van der Waals surface area contributed by atoms with E-state index in [0.717, 1.165) is 5.56 Å². The van der Waals surface area contributed by atoms with Gasteiger partial charge in [0.1, 0.15) is 11.5 Å². The van der Waals surface area contributed by atoms with Crippen LogP contribution in [0.5, 0.6) is 0 Å². The molecule has 0 aliphatic rings. The van der Waals surface area contributed by atoms with E-state index < -0.39 is 0 Å². The average Bonchev–Trinajstić information content (AvgIpc) is 2.88. The Morgan fingerprint density at radius 3 is 2.68 bits per heavy atom. The molecule has 2 N–H and O–H groups in total. The van der Waals surface area contributed by atoms with Crippen molar-refractivity contribution in [1.29, 1.82) is 0 Å². The zero-order valence-electron chi connectivity index (χ0n) is 9.75. The van der Waals surface area contributed by atoms with Gasteiger partial charge in [0.05, 0.1) is 0 Å². The van der Waals surface area contributed by atoms with Gasteiger partial charge in [-0.25, -0.2) is 4.98 Å². The topological polar surface area (TPSA) is 77.8 Å². The molecule has 0 bridgehead atoms. The minimum Gasteiger partial charge on any atom is -0.384 e. The number of hydrogen-bond donors (Lipinski definition) is 1. The summed E-state index contributed by atoms with van der Waals surface area (Å²) >= 11 is 5.92. The van der Waals surface area contributed by atoms with Crippen molar-refractivity contribution in [2.24, 2.45) is 0 Å². The van der Waals surface area contributed by atoms with Crippen molar-refractivity contribution in [2.45, 2.75) is 0 Å². The van der Waals surface area contributed by atoms with E-state index in [0.29, 0.717) is 28.2 Å². The zero-order valence-corrected chi connectivity index (χ0v) is 10.5. The molecular weight excluding hydrogens is 264 g/mol. The number of nitrogens with zero attached hydrogens (tertiary/aromatic N) is 3. The summed E-state index contributed by atoms with van der Waals surface area (Å²) in [5.41, 5.74) is 6.94. The van der Waals surface area contributed by atoms with E-state index in [9.17, 15) is 0 Å². The third kappa shape index (κ3) is 2.41. The maximum atomic E-state index is 5.92. The average molecular weight is 273 g/mol. The minimum atomic E-state index is 0.322. The molecule has 2 aromatic heterocycles. The van der Waals surface area contributed by atoms with Crippen LogP contribution in [0, 0.1) is 0 Å². The first kappa shape index (κ1) is 11.7. The van der Waals surface area contributed by atoms with Crippen LogP contribution < -0.4 is 5.73 Å². The van der Waals surface area contributed by atoms with Crippen molar-refractivity contribution in [2.75, 3.05) is 5.73 Å². The standard InChI is InChI=1S/C13H9ClN4O/c14-9-4-1-3-8(7-9)12-17-13(19-18-12)10-5-2-6-11(15)16-10/h1-7H,(H2,15,16). The number of anilines is 1. The fourth-order valence-corrected chi connectivity index (χ4v) is 1.83. The summed E-state index contributed by atoms with van der Waals surface area (Å²) in [6, 6.07) is 12.5. The molecule has 0 aliphatic carbocycles. The molecule has 3 rings (SSSR count). The molecule has 0 amide bonds. The van der Waals surface area contributed by atoms with Crippen LogP contribution in [0.2, 0.25) is 5.02 Å². The molecule has 0 saturated heterocycles. The van der Waals surface area contributed by atoms with Crippen molar-refractivity contribution in [3.8, 4) is 23.0 Å². The summed E-state index contributed by atoms with van der Waals surface area (Å²) in [6.07, 6.45) is 0. The highest BCUT2D eigenvalue weighted by molar-refractivity contribution is 6.30. The quantitative estimate of drug-likeness (QED) is 0.776. The van der Waals surface area contributed by atoms with E-state index in [1.165, 1.54) is 0 Å². The zero-order chi connectivity index (χ0) is 13.2. The van der Waals surface area contributed by atoms with Crippen molar-refractivity contribution < 1.29 is 4.52 Å². The van der Waals surface area contributed by atoms with E-state index >= 15 is 0 Å². The Morgan fingerprint density at radius 1 is 1.05 bits per heavy atom. The Bertz CT molecular complexity index is 666. The Hall–Kier alpha value is -2.40. The summed E-state index contributed by atoms with van der Waals surface area (Å²) in [5.74, 6) is 1.18. The highest BCUT2D eigenvalue weighted by Crippen LogP contribution is 2.23. The van der Waals surface area contributed by atoms with Gasteiger partial charge in [-0.1, -0.05) is 35.0 Å². The van der Waals surface area contributed by atoms with E-state index in [2.05, 4.69) is 15.1 Å². The molecule has 3 aromatic rings. The van der Waals surface area contributed by atoms with Gasteiger partial charge in [0.25, 0.3) is 5.89 Å². The molecule has 1 aromatic carbocycles. The number of rotatable bonds is 2. The highest BCUT2D eigenvalue weighted by Gasteiger charge is 2.11. The third-order valence-corrected chi connectivity index (χ3v) is 2.73. The molecule has 5 nitrogen and oxygen atoms in total. The van der Waals surface area contributed by atoms with E-state index in [-0.39, 0.29) is 0 Å². The molecule has 6 heteroatoms. The molecule has 0 atom stereocenters. The van der Waals surface area contributed by atoms with Gasteiger partial charge in [-0.2, -0.15) is 4.98 Å². The minimum absolute atomic E-state index is 0.322. The van der Waals surface area contributed by atoms with Gasteiger partial charge in [0.2, 0.25) is 5.82 Å². The molecular formula is C13H9ClN4O. The number of hydrogen-bond acceptors (Lipinski definition) is 5.